The predicted octanol–water partition coefficient (Wildman–Crippen LogP) is 2.40. The molecule has 0 unspecified atom stereocenters. The van der Waals surface area contributed by atoms with Gasteiger partial charge in [-0.15, -0.1) is 11.3 Å². The zero-order valence-corrected chi connectivity index (χ0v) is 18.8. The molecule has 1 aliphatic heterocycles. The van der Waals surface area contributed by atoms with Crippen LogP contribution in [0.4, 0.5) is 0 Å². The number of nitrogens with zero attached hydrogens (tertiary/aromatic N) is 3. The third-order valence-corrected chi connectivity index (χ3v) is 7.62. The molecule has 2 aromatic rings. The van der Waals surface area contributed by atoms with E-state index in [1.54, 1.807) is 22.8 Å². The number of hydrogen-bond acceptors (Lipinski definition) is 6. The van der Waals surface area contributed by atoms with Crippen molar-refractivity contribution in [3.8, 4) is 0 Å². The van der Waals surface area contributed by atoms with Crippen molar-refractivity contribution >= 4 is 27.5 Å². The largest absolute Gasteiger partial charge is 0.465 e. The molecule has 0 bridgehead atoms. The number of rotatable bonds is 6. The Balaban J connectivity index is 1.79. The number of piperidine rings is 1. The van der Waals surface area contributed by atoms with Crippen LogP contribution < -0.4 is 11.2 Å². The first-order valence-electron chi connectivity index (χ1n) is 11.2. The van der Waals surface area contributed by atoms with Crippen LogP contribution in [0.5, 0.6) is 0 Å². The lowest BCUT2D eigenvalue weighted by Crippen LogP contribution is -2.43. The number of likely N-dealkylation sites (tertiary alicyclic amines) is 1. The molecule has 1 aliphatic carbocycles. The summed E-state index contributed by atoms with van der Waals surface area (Å²) in [6.45, 7) is 7.28. The monoisotopic (exact) mass is 433 g/mol. The topological polar surface area (TPSA) is 73.5 Å². The second-order valence-electron chi connectivity index (χ2n) is 8.56. The van der Waals surface area contributed by atoms with Crippen molar-refractivity contribution in [1.82, 2.24) is 14.0 Å². The van der Waals surface area contributed by atoms with Crippen molar-refractivity contribution in [2.75, 3.05) is 26.2 Å². The number of esters is 1. The number of thiophene rings is 1. The van der Waals surface area contributed by atoms with Crippen LogP contribution in [0.25, 0.3) is 10.2 Å². The fourth-order valence-corrected chi connectivity index (χ4v) is 6.22. The fraction of sp³-hybridized carbons (Fsp3) is 0.682. The highest BCUT2D eigenvalue weighted by Crippen LogP contribution is 2.36. The lowest BCUT2D eigenvalue weighted by molar-refractivity contribution is -0.143. The highest BCUT2D eigenvalue weighted by Gasteiger charge is 2.26. The summed E-state index contributed by atoms with van der Waals surface area (Å²) in [4.78, 5) is 43.1. The molecule has 7 nitrogen and oxygen atoms in total. The molecule has 8 heteroatoms. The van der Waals surface area contributed by atoms with E-state index in [9.17, 15) is 14.4 Å². The first-order valence-corrected chi connectivity index (χ1v) is 12.0. The van der Waals surface area contributed by atoms with Gasteiger partial charge in [-0.2, -0.15) is 0 Å². The van der Waals surface area contributed by atoms with E-state index >= 15 is 0 Å². The van der Waals surface area contributed by atoms with E-state index in [0.717, 1.165) is 53.9 Å². The number of aryl methyl sites for hydroxylation is 1. The molecule has 4 rings (SSSR count). The minimum absolute atomic E-state index is 0.227. The third-order valence-electron chi connectivity index (χ3n) is 6.34. The Labute approximate surface area is 180 Å². The Bertz CT molecular complexity index is 1050. The number of hydrogen-bond donors (Lipinski definition) is 0. The van der Waals surface area contributed by atoms with E-state index in [4.69, 9.17) is 4.74 Å². The molecule has 1 atom stereocenters. The Morgan fingerprint density at radius 3 is 2.63 bits per heavy atom. The highest BCUT2D eigenvalue weighted by molar-refractivity contribution is 7.18. The van der Waals surface area contributed by atoms with Gasteiger partial charge in [0, 0.05) is 18.0 Å². The van der Waals surface area contributed by atoms with Crippen molar-refractivity contribution in [3.05, 3.63) is 31.3 Å². The summed E-state index contributed by atoms with van der Waals surface area (Å²) in [6, 6.07) is 0. The van der Waals surface area contributed by atoms with Crippen LogP contribution in [0.1, 0.15) is 50.0 Å². The molecule has 1 fully saturated rings. The maximum atomic E-state index is 13.3. The SMILES string of the molecule is CCOC(=O)Cn1c(=O)c2c3c(sc2n(CCN2CCCCC2)c1=O)C[C@@H](C)CC3. The van der Waals surface area contributed by atoms with Gasteiger partial charge in [-0.1, -0.05) is 13.3 Å². The molecule has 0 saturated carbocycles. The number of carbonyl (C=O) groups is 1. The summed E-state index contributed by atoms with van der Waals surface area (Å²) in [6.07, 6.45) is 6.50. The summed E-state index contributed by atoms with van der Waals surface area (Å²) < 4.78 is 7.84. The van der Waals surface area contributed by atoms with Gasteiger partial charge in [0.1, 0.15) is 11.4 Å². The summed E-state index contributed by atoms with van der Waals surface area (Å²) >= 11 is 1.60. The predicted molar refractivity (Wildman–Crippen MR) is 118 cm³/mol. The van der Waals surface area contributed by atoms with Gasteiger partial charge in [0.2, 0.25) is 0 Å². The molecule has 2 aliphatic rings. The molecule has 0 radical (unpaired) electrons. The third kappa shape index (κ3) is 4.12. The standard InChI is InChI=1S/C22H31N3O4S/c1-3-29-18(26)14-25-20(27)19-16-8-7-15(2)13-17(16)30-21(19)24(22(25)28)12-11-23-9-5-4-6-10-23/h15H,3-14H2,1-2H3/t15-/m0/s1. The number of fused-ring (bicyclic) bond motifs is 3. The van der Waals surface area contributed by atoms with Crippen LogP contribution in [0, 0.1) is 5.92 Å². The first kappa shape index (κ1) is 21.3. The second kappa shape index (κ2) is 9.06. The molecular formula is C22H31N3O4S. The van der Waals surface area contributed by atoms with Gasteiger partial charge in [-0.25, -0.2) is 9.36 Å². The van der Waals surface area contributed by atoms with Crippen molar-refractivity contribution < 1.29 is 9.53 Å². The van der Waals surface area contributed by atoms with E-state index in [-0.39, 0.29) is 18.7 Å². The summed E-state index contributed by atoms with van der Waals surface area (Å²) in [5, 5.41) is 0.643. The average molecular weight is 434 g/mol. The molecular weight excluding hydrogens is 402 g/mol. The minimum Gasteiger partial charge on any atom is -0.465 e. The minimum atomic E-state index is -0.545. The normalized spacial score (nSPS) is 19.7. The summed E-state index contributed by atoms with van der Waals surface area (Å²) in [5.41, 5.74) is 0.343. The van der Waals surface area contributed by atoms with E-state index in [0.29, 0.717) is 17.8 Å². The molecule has 0 spiro atoms. The molecule has 0 aromatic carbocycles. The maximum absolute atomic E-state index is 13.3. The van der Waals surface area contributed by atoms with Crippen LogP contribution in [-0.2, 0) is 35.5 Å². The zero-order valence-electron chi connectivity index (χ0n) is 17.9. The van der Waals surface area contributed by atoms with Gasteiger partial charge in [-0.05, 0) is 63.6 Å². The molecule has 30 heavy (non-hydrogen) atoms. The van der Waals surface area contributed by atoms with E-state index in [2.05, 4.69) is 11.8 Å². The second-order valence-corrected chi connectivity index (χ2v) is 9.65. The Hall–Kier alpha value is -1.93. The first-order chi connectivity index (χ1) is 14.5. The maximum Gasteiger partial charge on any atom is 0.332 e. The van der Waals surface area contributed by atoms with Gasteiger partial charge in [0.25, 0.3) is 5.56 Å². The van der Waals surface area contributed by atoms with E-state index < -0.39 is 11.7 Å². The zero-order chi connectivity index (χ0) is 21.3. The van der Waals surface area contributed by atoms with Gasteiger partial charge in [0.15, 0.2) is 0 Å². The Morgan fingerprint density at radius 2 is 1.90 bits per heavy atom. The number of aromatic nitrogens is 2. The molecule has 3 heterocycles. The van der Waals surface area contributed by atoms with Gasteiger partial charge < -0.3 is 9.64 Å². The van der Waals surface area contributed by atoms with Gasteiger partial charge >= 0.3 is 11.7 Å². The van der Waals surface area contributed by atoms with Crippen LogP contribution in [-0.4, -0.2) is 46.2 Å². The Kier molecular flexibility index (Phi) is 6.43. The fourth-order valence-electron chi connectivity index (χ4n) is 4.70. The van der Waals surface area contributed by atoms with Gasteiger partial charge in [0.05, 0.1) is 12.0 Å². The molecule has 2 aromatic heterocycles. The van der Waals surface area contributed by atoms with E-state index in [1.165, 1.54) is 24.1 Å². The lowest BCUT2D eigenvalue weighted by Gasteiger charge is -2.26. The van der Waals surface area contributed by atoms with Crippen molar-refractivity contribution in [1.29, 1.82) is 0 Å². The van der Waals surface area contributed by atoms with Crippen LogP contribution in [0.2, 0.25) is 0 Å². The summed E-state index contributed by atoms with van der Waals surface area (Å²) in [7, 11) is 0. The van der Waals surface area contributed by atoms with E-state index in [1.807, 2.05) is 0 Å². The Morgan fingerprint density at radius 1 is 1.13 bits per heavy atom. The smallest absolute Gasteiger partial charge is 0.332 e. The van der Waals surface area contributed by atoms with Crippen molar-refractivity contribution in [3.63, 3.8) is 0 Å². The summed E-state index contributed by atoms with van der Waals surface area (Å²) in [5.74, 6) is 0.0391. The quantitative estimate of drug-likeness (QED) is 0.654. The lowest BCUT2D eigenvalue weighted by atomic mass is 9.89. The molecule has 164 valence electrons. The molecule has 0 N–H and O–H groups in total. The van der Waals surface area contributed by atoms with Crippen LogP contribution in [0.3, 0.4) is 0 Å². The highest BCUT2D eigenvalue weighted by atomic mass is 32.1. The number of ether oxygens (including phenoxy) is 1. The van der Waals surface area contributed by atoms with Crippen molar-refractivity contribution in [2.24, 2.45) is 5.92 Å². The van der Waals surface area contributed by atoms with Crippen LogP contribution >= 0.6 is 11.3 Å². The average Bonchev–Trinajstić information content (AvgIpc) is 3.10. The number of carbonyl (C=O) groups excluding carboxylic acids is 1. The van der Waals surface area contributed by atoms with Gasteiger partial charge in [-0.3, -0.25) is 14.2 Å². The van der Waals surface area contributed by atoms with Crippen LogP contribution in [0.15, 0.2) is 9.59 Å². The molecule has 1 saturated heterocycles. The van der Waals surface area contributed by atoms with Crippen molar-refractivity contribution in [2.45, 2.75) is 65.5 Å². The molecule has 0 amide bonds.